The molecular weight excluding hydrogens is 264 g/mol. The third-order valence-electron chi connectivity index (χ3n) is 2.84. The lowest BCUT2D eigenvalue weighted by atomic mass is 10.2. The Morgan fingerprint density at radius 3 is 2.28 bits per heavy atom. The number of nitrogens with two attached hydrogens (primary N) is 1. The summed E-state index contributed by atoms with van der Waals surface area (Å²) < 4.78 is 0. The molecule has 0 saturated carbocycles. The number of benzene rings is 1. The highest BCUT2D eigenvalue weighted by Crippen LogP contribution is 2.25. The number of thioether (sulfide) groups is 1. The second-order valence-electron chi connectivity index (χ2n) is 4.99. The van der Waals surface area contributed by atoms with Crippen molar-refractivity contribution in [3.63, 3.8) is 0 Å². The van der Waals surface area contributed by atoms with E-state index in [1.807, 2.05) is 12.1 Å². The van der Waals surface area contributed by atoms with Crippen LogP contribution in [0.4, 0.5) is 5.69 Å². The van der Waals surface area contributed by atoms with Crippen LogP contribution in [-0.4, -0.2) is 29.3 Å². The Balaban J connectivity index is 2.50. The molecule has 18 heavy (non-hydrogen) atoms. The zero-order chi connectivity index (χ0) is 13.7. The van der Waals surface area contributed by atoms with E-state index in [4.69, 9.17) is 17.3 Å². The molecule has 0 unspecified atom stereocenters. The van der Waals surface area contributed by atoms with Crippen molar-refractivity contribution in [2.75, 3.05) is 18.0 Å². The fourth-order valence-corrected chi connectivity index (χ4v) is 3.33. The predicted molar refractivity (Wildman–Crippen MR) is 83.6 cm³/mol. The summed E-state index contributed by atoms with van der Waals surface area (Å²) in [7, 11) is 0. The molecule has 0 heterocycles. The number of halogens is 1. The predicted octanol–water partition coefficient (Wildman–Crippen LogP) is 4.13. The fourth-order valence-electron chi connectivity index (χ4n) is 2.05. The molecule has 0 atom stereocenters. The highest BCUT2D eigenvalue weighted by molar-refractivity contribution is 7.99. The van der Waals surface area contributed by atoms with Crippen LogP contribution in [0.3, 0.4) is 0 Å². The Labute approximate surface area is 120 Å². The minimum atomic E-state index is 0.579. The molecule has 102 valence electrons. The summed E-state index contributed by atoms with van der Waals surface area (Å²) in [5.74, 6) is 1.05. The minimum absolute atomic E-state index is 0.579. The van der Waals surface area contributed by atoms with Gasteiger partial charge in [0.05, 0.1) is 0 Å². The van der Waals surface area contributed by atoms with Gasteiger partial charge in [0.25, 0.3) is 0 Å². The smallest absolute Gasteiger partial charge is 0.0437 e. The van der Waals surface area contributed by atoms with E-state index >= 15 is 0 Å². The van der Waals surface area contributed by atoms with Crippen LogP contribution in [0.15, 0.2) is 23.1 Å². The molecule has 0 radical (unpaired) electrons. The van der Waals surface area contributed by atoms with Gasteiger partial charge in [0, 0.05) is 40.0 Å². The normalized spacial score (nSPS) is 11.8. The van der Waals surface area contributed by atoms with Crippen LogP contribution in [0.25, 0.3) is 0 Å². The van der Waals surface area contributed by atoms with Gasteiger partial charge in [-0.25, -0.2) is 0 Å². The summed E-state index contributed by atoms with van der Waals surface area (Å²) in [6, 6.07) is 6.88. The highest BCUT2D eigenvalue weighted by atomic mass is 35.5. The van der Waals surface area contributed by atoms with E-state index in [1.165, 1.54) is 0 Å². The van der Waals surface area contributed by atoms with Crippen LogP contribution < -0.4 is 5.73 Å². The van der Waals surface area contributed by atoms with Crippen LogP contribution in [0.2, 0.25) is 5.02 Å². The van der Waals surface area contributed by atoms with Crippen LogP contribution >= 0.6 is 23.4 Å². The maximum atomic E-state index is 5.99. The first-order chi connectivity index (χ1) is 8.40. The van der Waals surface area contributed by atoms with Gasteiger partial charge in [0.1, 0.15) is 0 Å². The van der Waals surface area contributed by atoms with Crippen LogP contribution in [0.1, 0.15) is 27.7 Å². The van der Waals surface area contributed by atoms with Crippen molar-refractivity contribution in [1.29, 1.82) is 0 Å². The quantitative estimate of drug-likeness (QED) is 0.630. The van der Waals surface area contributed by atoms with Gasteiger partial charge in [0.15, 0.2) is 0 Å². The fraction of sp³-hybridized carbons (Fsp3) is 0.571. The first-order valence-electron chi connectivity index (χ1n) is 6.34. The average molecular weight is 287 g/mol. The van der Waals surface area contributed by atoms with Crippen molar-refractivity contribution >= 4 is 29.1 Å². The molecule has 1 aromatic rings. The Hall–Kier alpha value is -0.380. The van der Waals surface area contributed by atoms with E-state index < -0.39 is 0 Å². The summed E-state index contributed by atoms with van der Waals surface area (Å²) in [5, 5.41) is 0.710. The number of nitrogens with zero attached hydrogens (tertiary/aromatic N) is 1. The Morgan fingerprint density at radius 1 is 1.17 bits per heavy atom. The van der Waals surface area contributed by atoms with E-state index in [9.17, 15) is 0 Å². The molecule has 0 aliphatic carbocycles. The largest absolute Gasteiger partial charge is 0.399 e. The van der Waals surface area contributed by atoms with Gasteiger partial charge < -0.3 is 5.73 Å². The molecule has 0 amide bonds. The molecule has 2 nitrogen and oxygen atoms in total. The standard InChI is InChI=1S/C14H23ClN2S/c1-10(2)17(11(3)4)5-6-18-14-8-12(15)7-13(16)9-14/h7-11H,5-6,16H2,1-4H3. The van der Waals surface area contributed by atoms with Crippen molar-refractivity contribution in [2.24, 2.45) is 0 Å². The van der Waals surface area contributed by atoms with E-state index in [2.05, 4.69) is 32.6 Å². The lowest BCUT2D eigenvalue weighted by Crippen LogP contribution is -2.38. The van der Waals surface area contributed by atoms with Crippen molar-refractivity contribution in [2.45, 2.75) is 44.7 Å². The molecule has 0 saturated heterocycles. The molecule has 0 fully saturated rings. The SMILES string of the molecule is CC(C)N(CCSc1cc(N)cc(Cl)c1)C(C)C. The number of anilines is 1. The number of hydrogen-bond donors (Lipinski definition) is 1. The van der Waals surface area contributed by atoms with Gasteiger partial charge >= 0.3 is 0 Å². The lowest BCUT2D eigenvalue weighted by molar-refractivity contribution is 0.187. The molecule has 1 rings (SSSR count). The molecule has 4 heteroatoms. The first kappa shape index (κ1) is 15.7. The summed E-state index contributed by atoms with van der Waals surface area (Å²) in [6.07, 6.45) is 0. The first-order valence-corrected chi connectivity index (χ1v) is 7.71. The Morgan fingerprint density at radius 2 is 1.78 bits per heavy atom. The second-order valence-corrected chi connectivity index (χ2v) is 6.60. The second kappa shape index (κ2) is 7.27. The van der Waals surface area contributed by atoms with Crippen molar-refractivity contribution < 1.29 is 0 Å². The van der Waals surface area contributed by atoms with E-state index in [0.29, 0.717) is 17.1 Å². The van der Waals surface area contributed by atoms with Crippen LogP contribution in [0, 0.1) is 0 Å². The lowest BCUT2D eigenvalue weighted by Gasteiger charge is -2.30. The van der Waals surface area contributed by atoms with Crippen LogP contribution in [-0.2, 0) is 0 Å². The van der Waals surface area contributed by atoms with Gasteiger partial charge in [-0.1, -0.05) is 11.6 Å². The average Bonchev–Trinajstić information content (AvgIpc) is 2.21. The summed E-state index contributed by atoms with van der Waals surface area (Å²) in [6.45, 7) is 10.0. The maximum absolute atomic E-state index is 5.99. The minimum Gasteiger partial charge on any atom is -0.399 e. The highest BCUT2D eigenvalue weighted by Gasteiger charge is 2.12. The molecule has 0 bridgehead atoms. The molecule has 0 spiro atoms. The summed E-state index contributed by atoms with van der Waals surface area (Å²) in [5.41, 5.74) is 6.51. The van der Waals surface area contributed by atoms with Crippen molar-refractivity contribution in [3.05, 3.63) is 23.2 Å². The van der Waals surface area contributed by atoms with Gasteiger partial charge in [-0.15, -0.1) is 11.8 Å². The van der Waals surface area contributed by atoms with Gasteiger partial charge in [-0.2, -0.15) is 0 Å². The molecule has 0 aliphatic rings. The molecular formula is C14H23ClN2S. The van der Waals surface area contributed by atoms with E-state index in [0.717, 1.165) is 22.9 Å². The third kappa shape index (κ3) is 5.09. The number of hydrogen-bond acceptors (Lipinski definition) is 3. The van der Waals surface area contributed by atoms with E-state index in [-0.39, 0.29) is 0 Å². The van der Waals surface area contributed by atoms with Crippen molar-refractivity contribution in [1.82, 2.24) is 4.90 Å². The number of rotatable bonds is 6. The Kier molecular flexibility index (Phi) is 6.33. The van der Waals surface area contributed by atoms with E-state index in [1.54, 1.807) is 17.8 Å². The van der Waals surface area contributed by atoms with Crippen LogP contribution in [0.5, 0.6) is 0 Å². The topological polar surface area (TPSA) is 29.3 Å². The zero-order valence-corrected chi connectivity index (χ0v) is 13.2. The van der Waals surface area contributed by atoms with Crippen molar-refractivity contribution in [3.8, 4) is 0 Å². The number of nitrogen functional groups attached to an aromatic ring is 1. The molecule has 1 aromatic carbocycles. The van der Waals surface area contributed by atoms with Gasteiger partial charge in [-0.3, -0.25) is 4.90 Å². The maximum Gasteiger partial charge on any atom is 0.0437 e. The van der Waals surface area contributed by atoms with Gasteiger partial charge in [0.2, 0.25) is 0 Å². The summed E-state index contributed by atoms with van der Waals surface area (Å²) in [4.78, 5) is 3.63. The monoisotopic (exact) mass is 286 g/mol. The third-order valence-corrected chi connectivity index (χ3v) is 4.01. The van der Waals surface area contributed by atoms with Gasteiger partial charge in [-0.05, 0) is 45.9 Å². The molecule has 0 aliphatic heterocycles. The Bertz CT molecular complexity index is 352. The zero-order valence-electron chi connectivity index (χ0n) is 11.6. The molecule has 2 N–H and O–H groups in total. The summed E-state index contributed by atoms with van der Waals surface area (Å²) >= 11 is 7.79. The molecule has 0 aromatic heterocycles.